The summed E-state index contributed by atoms with van der Waals surface area (Å²) in [7, 11) is -1.08. The molecular weight excluding hydrogens is 257 g/mol. The summed E-state index contributed by atoms with van der Waals surface area (Å²) in [6, 6.07) is 3.28. The summed E-state index contributed by atoms with van der Waals surface area (Å²) in [5.41, 5.74) is -0.379. The predicted molar refractivity (Wildman–Crippen MR) is 54.6 cm³/mol. The fourth-order valence-corrected chi connectivity index (χ4v) is 1.59. The maximum atomic E-state index is 11.5. The van der Waals surface area contributed by atoms with Crippen LogP contribution in [-0.4, -0.2) is 88.2 Å². The molecule has 0 saturated carbocycles. The molecule has 1 N–H and O–H groups in total. The Morgan fingerprint density at radius 1 is 1.31 bits per heavy atom. The van der Waals surface area contributed by atoms with Gasteiger partial charge in [-0.25, -0.2) is 17.7 Å². The van der Waals surface area contributed by atoms with Crippen LogP contribution in [0.3, 0.4) is 0 Å². The third kappa shape index (κ3) is 2.90. The van der Waals surface area contributed by atoms with Crippen LogP contribution in [-0.2, 0) is 10.0 Å². The van der Waals surface area contributed by atoms with Crippen LogP contribution in [0, 0.1) is 22.7 Å². The van der Waals surface area contributed by atoms with Crippen LogP contribution in [0.15, 0.2) is 5.16 Å². The Bertz CT molecular complexity index is 531. The van der Waals surface area contributed by atoms with Gasteiger partial charge in [0, 0.05) is 65.5 Å². The van der Waals surface area contributed by atoms with Gasteiger partial charge in [0.25, 0.3) is 10.0 Å². The molecule has 9 heteroatoms. The number of hydrogen-bond donors (Lipinski definition) is 1. The van der Waals surface area contributed by atoms with E-state index in [9.17, 15) is 8.42 Å². The van der Waals surface area contributed by atoms with Crippen molar-refractivity contribution < 1.29 is 8.42 Å². The molecule has 0 spiro atoms. The number of H-pyrrole nitrogens is 1. The zero-order valence-electron chi connectivity index (χ0n) is 9.01. The number of rotatable bonds is 2. The van der Waals surface area contributed by atoms with Gasteiger partial charge in [-0.2, -0.15) is 10.5 Å². The van der Waals surface area contributed by atoms with Crippen molar-refractivity contribution in [1.82, 2.24) is 14.3 Å². The second-order valence-electron chi connectivity index (χ2n) is 2.78. The van der Waals surface area contributed by atoms with E-state index in [1.165, 1.54) is 14.1 Å². The molecule has 1 aromatic heterocycles. The second-order valence-corrected chi connectivity index (χ2v) is 4.84. The average molecular weight is 264 g/mol. The number of nitrogens with zero attached hydrogens (tertiary/aromatic N) is 4. The smallest absolute Gasteiger partial charge is 0.276 e. The quantitative estimate of drug-likeness (QED) is 0.690. The van der Waals surface area contributed by atoms with Crippen LogP contribution in [0.25, 0.3) is 0 Å². The van der Waals surface area contributed by atoms with E-state index in [0.717, 1.165) is 4.31 Å². The summed E-state index contributed by atoms with van der Waals surface area (Å²) >= 11 is 0. The molecule has 0 aliphatic carbocycles. The Kier molecular flexibility index (Phi) is 5.79. The normalized spacial score (nSPS) is 10.3. The van der Waals surface area contributed by atoms with E-state index in [2.05, 4.69) is 9.97 Å². The van der Waals surface area contributed by atoms with Crippen molar-refractivity contribution in [2.45, 2.75) is 5.16 Å². The van der Waals surface area contributed by atoms with Gasteiger partial charge in [-0.15, -0.1) is 0 Å². The Morgan fingerprint density at radius 3 is 2.19 bits per heavy atom. The van der Waals surface area contributed by atoms with Crippen LogP contribution in [0.1, 0.15) is 11.4 Å². The summed E-state index contributed by atoms with van der Waals surface area (Å²) in [6.45, 7) is 0. The zero-order valence-corrected chi connectivity index (χ0v) is 13.0. The molecule has 0 saturated heterocycles. The minimum atomic E-state index is -3.73. The summed E-state index contributed by atoms with van der Waals surface area (Å²) < 4.78 is 24.0. The number of nitrogens with one attached hydrogen (secondary N) is 1. The number of aromatic nitrogens is 2. The molecule has 1 heterocycles. The first kappa shape index (κ1) is 15.7. The van der Waals surface area contributed by atoms with Crippen molar-refractivity contribution in [1.29, 1.82) is 10.5 Å². The summed E-state index contributed by atoms with van der Waals surface area (Å²) in [4.78, 5) is 5.80. The SMILES string of the molecule is CN(C)S(=O)(=O)c1nc(C#N)c(C#N)[nH]1.[K]. The Labute approximate surface area is 136 Å². The third-order valence-corrected chi connectivity index (χ3v) is 3.27. The predicted octanol–water partition coefficient (Wildman–Crippen LogP) is -0.977. The topological polar surface area (TPSA) is 114 Å². The van der Waals surface area contributed by atoms with Crippen molar-refractivity contribution in [3.8, 4) is 12.1 Å². The van der Waals surface area contributed by atoms with E-state index in [-0.39, 0.29) is 62.8 Å². The van der Waals surface area contributed by atoms with Crippen LogP contribution in [0.2, 0.25) is 0 Å². The van der Waals surface area contributed by atoms with Crippen LogP contribution < -0.4 is 0 Å². The third-order valence-electron chi connectivity index (χ3n) is 1.62. The molecule has 1 rings (SSSR count). The summed E-state index contributed by atoms with van der Waals surface area (Å²) in [5, 5.41) is 16.8. The minimum Gasteiger partial charge on any atom is -0.318 e. The van der Waals surface area contributed by atoms with Crippen molar-refractivity contribution >= 4 is 61.4 Å². The van der Waals surface area contributed by atoms with Gasteiger partial charge in [0.2, 0.25) is 5.16 Å². The molecule has 0 aromatic carbocycles. The average Bonchev–Trinajstić information content (AvgIpc) is 2.60. The monoisotopic (exact) mass is 264 g/mol. The minimum absolute atomic E-state index is 0. The van der Waals surface area contributed by atoms with Gasteiger partial charge in [-0.3, -0.25) is 0 Å². The van der Waals surface area contributed by atoms with Crippen molar-refractivity contribution in [3.05, 3.63) is 11.4 Å². The maximum absolute atomic E-state index is 11.5. The van der Waals surface area contributed by atoms with Crippen molar-refractivity contribution in [3.63, 3.8) is 0 Å². The maximum Gasteiger partial charge on any atom is 0.276 e. The Hall–Kier alpha value is -0.264. The van der Waals surface area contributed by atoms with Gasteiger partial charge in [-0.1, -0.05) is 0 Å². The molecular formula is C7H7KN5O2S. The molecule has 0 atom stereocenters. The molecule has 16 heavy (non-hydrogen) atoms. The van der Waals surface area contributed by atoms with Gasteiger partial charge in [0.15, 0.2) is 11.4 Å². The van der Waals surface area contributed by atoms with E-state index in [4.69, 9.17) is 10.5 Å². The molecule has 0 bridgehead atoms. The molecule has 79 valence electrons. The van der Waals surface area contributed by atoms with Gasteiger partial charge in [-0.05, 0) is 0 Å². The molecule has 0 aliphatic heterocycles. The fraction of sp³-hybridized carbons (Fsp3) is 0.286. The van der Waals surface area contributed by atoms with Crippen LogP contribution >= 0.6 is 0 Å². The zero-order chi connectivity index (χ0) is 11.6. The Balaban J connectivity index is 0.00000225. The van der Waals surface area contributed by atoms with E-state index < -0.39 is 15.2 Å². The standard InChI is InChI=1S/C7H7N5O2S.K/c1-12(2)15(13,14)7-10-5(3-8)6(4-9)11-7;/h1-2H3,(H,10,11);. The molecule has 0 aliphatic rings. The van der Waals surface area contributed by atoms with Crippen LogP contribution in [0.5, 0.6) is 0 Å². The van der Waals surface area contributed by atoms with Crippen LogP contribution in [0.4, 0.5) is 0 Å². The van der Waals surface area contributed by atoms with E-state index in [1.807, 2.05) is 0 Å². The number of aromatic amines is 1. The Morgan fingerprint density at radius 2 is 1.88 bits per heavy atom. The largest absolute Gasteiger partial charge is 0.318 e. The van der Waals surface area contributed by atoms with E-state index in [1.54, 1.807) is 12.1 Å². The first-order chi connectivity index (χ1) is 6.93. The second kappa shape index (κ2) is 5.89. The van der Waals surface area contributed by atoms with Crippen molar-refractivity contribution in [2.75, 3.05) is 14.1 Å². The first-order valence-corrected chi connectivity index (χ1v) is 5.20. The molecule has 0 unspecified atom stereocenters. The first-order valence-electron chi connectivity index (χ1n) is 3.76. The molecule has 0 amide bonds. The number of hydrogen-bond acceptors (Lipinski definition) is 5. The fourth-order valence-electron chi connectivity index (χ4n) is 0.808. The van der Waals surface area contributed by atoms with E-state index >= 15 is 0 Å². The molecule has 1 radical (unpaired) electrons. The summed E-state index contributed by atoms with van der Waals surface area (Å²) in [6.07, 6.45) is 0. The van der Waals surface area contributed by atoms with Gasteiger partial charge >= 0.3 is 0 Å². The van der Waals surface area contributed by atoms with Gasteiger partial charge < -0.3 is 4.98 Å². The molecule has 0 fully saturated rings. The number of nitriles is 2. The van der Waals surface area contributed by atoms with Crippen molar-refractivity contribution in [2.24, 2.45) is 0 Å². The molecule has 1 aromatic rings. The van der Waals surface area contributed by atoms with E-state index in [0.29, 0.717) is 0 Å². The molecule has 7 nitrogen and oxygen atoms in total. The van der Waals surface area contributed by atoms with Gasteiger partial charge in [0.05, 0.1) is 0 Å². The number of imidazole rings is 1. The number of sulfonamides is 1. The van der Waals surface area contributed by atoms with Gasteiger partial charge in [0.1, 0.15) is 12.1 Å². The summed E-state index contributed by atoms with van der Waals surface area (Å²) in [5.74, 6) is 0.